The van der Waals surface area contributed by atoms with Crippen LogP contribution in [0.4, 0.5) is 5.69 Å². The highest BCUT2D eigenvalue weighted by atomic mass is 35.5. The van der Waals surface area contributed by atoms with E-state index in [9.17, 15) is 0 Å². The summed E-state index contributed by atoms with van der Waals surface area (Å²) in [6, 6.07) is 4.85. The fourth-order valence-corrected chi connectivity index (χ4v) is 1.29. The first-order valence-corrected chi connectivity index (χ1v) is 4.14. The Bertz CT molecular complexity index is 317. The molecular weight excluding hydrogens is 211 g/mol. The molecule has 0 heterocycles. The van der Waals surface area contributed by atoms with Gasteiger partial charge in [0.05, 0.1) is 5.69 Å². The van der Waals surface area contributed by atoms with Crippen LogP contribution in [0.15, 0.2) is 23.2 Å². The summed E-state index contributed by atoms with van der Waals surface area (Å²) in [4.78, 5) is 3.89. The molecule has 0 unspecified atom stereocenters. The van der Waals surface area contributed by atoms with Crippen molar-refractivity contribution < 1.29 is 0 Å². The summed E-state index contributed by atoms with van der Waals surface area (Å²) >= 11 is 11.5. The van der Waals surface area contributed by atoms with Gasteiger partial charge in [-0.15, -0.1) is 0 Å². The van der Waals surface area contributed by atoms with Gasteiger partial charge >= 0.3 is 0 Å². The summed E-state index contributed by atoms with van der Waals surface area (Å²) in [5, 5.41) is 0.993. The molecule has 0 aromatic heterocycles. The first-order valence-electron chi connectivity index (χ1n) is 3.38. The minimum Gasteiger partial charge on any atom is -0.369 e. The highest BCUT2D eigenvalue weighted by Crippen LogP contribution is 2.24. The highest BCUT2D eigenvalue weighted by molar-refractivity contribution is 6.35. The molecule has 0 fully saturated rings. The van der Waals surface area contributed by atoms with Gasteiger partial charge in [0.1, 0.15) is 0 Å². The fraction of sp³-hybridized carbons (Fsp3) is 0. The van der Waals surface area contributed by atoms with E-state index in [0.29, 0.717) is 15.7 Å². The van der Waals surface area contributed by atoms with Gasteiger partial charge in [-0.2, -0.15) is 0 Å². The van der Waals surface area contributed by atoms with E-state index in [1.807, 2.05) is 0 Å². The Labute approximate surface area is 85.5 Å². The number of halogens is 2. The number of rotatable bonds is 1. The van der Waals surface area contributed by atoms with E-state index in [1.54, 1.807) is 18.2 Å². The minimum atomic E-state index is 0.0957. The maximum atomic E-state index is 5.73. The van der Waals surface area contributed by atoms with Crippen LogP contribution in [0, 0.1) is 0 Å². The van der Waals surface area contributed by atoms with Crippen molar-refractivity contribution in [1.82, 2.24) is 5.43 Å². The number of nitrogens with zero attached hydrogens (tertiary/aromatic N) is 1. The standard InChI is InChI=1S/C7H8Cl2N4/c8-4-1-5(9)3-6(2-4)12-7(10)13-11/h1-3H,11H2,(H3,10,12,13). The molecule has 0 radical (unpaired) electrons. The summed E-state index contributed by atoms with van der Waals surface area (Å²) in [5.74, 6) is 5.12. The van der Waals surface area contributed by atoms with Crippen LogP contribution in [0.3, 0.4) is 0 Å². The van der Waals surface area contributed by atoms with Crippen molar-refractivity contribution in [3.63, 3.8) is 0 Å². The zero-order chi connectivity index (χ0) is 9.84. The zero-order valence-electron chi connectivity index (χ0n) is 6.59. The van der Waals surface area contributed by atoms with Crippen LogP contribution in [-0.4, -0.2) is 5.96 Å². The number of nitrogens with one attached hydrogen (secondary N) is 1. The molecule has 0 atom stereocenters. The highest BCUT2D eigenvalue weighted by Gasteiger charge is 1.96. The molecule has 0 aliphatic heterocycles. The lowest BCUT2D eigenvalue weighted by atomic mass is 10.3. The van der Waals surface area contributed by atoms with Gasteiger partial charge in [0.25, 0.3) is 0 Å². The van der Waals surface area contributed by atoms with Crippen LogP contribution in [0.25, 0.3) is 0 Å². The molecule has 5 N–H and O–H groups in total. The molecule has 0 saturated carbocycles. The molecular formula is C7H8Cl2N4. The SMILES string of the molecule is NNC(N)=Nc1cc(Cl)cc(Cl)c1. The number of aliphatic imine (C=N–C) groups is 1. The maximum absolute atomic E-state index is 5.73. The number of nitrogens with two attached hydrogens (primary N) is 2. The summed E-state index contributed by atoms with van der Waals surface area (Å²) in [5.41, 5.74) is 8.08. The van der Waals surface area contributed by atoms with Gasteiger partial charge in [0, 0.05) is 10.0 Å². The first kappa shape index (κ1) is 10.1. The van der Waals surface area contributed by atoms with Gasteiger partial charge in [-0.3, -0.25) is 5.43 Å². The largest absolute Gasteiger partial charge is 0.369 e. The average Bonchev–Trinajstić information content (AvgIpc) is 2.02. The summed E-state index contributed by atoms with van der Waals surface area (Å²) in [6.07, 6.45) is 0. The molecule has 4 nitrogen and oxygen atoms in total. The number of hydrogen-bond donors (Lipinski definition) is 3. The predicted molar refractivity (Wildman–Crippen MR) is 55.1 cm³/mol. The van der Waals surface area contributed by atoms with Crippen LogP contribution in [-0.2, 0) is 0 Å². The second-order valence-electron chi connectivity index (χ2n) is 2.27. The Kier molecular flexibility index (Phi) is 3.36. The van der Waals surface area contributed by atoms with Crippen LogP contribution in [0.2, 0.25) is 10.0 Å². The van der Waals surface area contributed by atoms with Crippen LogP contribution >= 0.6 is 23.2 Å². The molecule has 0 aliphatic carbocycles. The summed E-state index contributed by atoms with van der Waals surface area (Å²) in [6.45, 7) is 0. The molecule has 70 valence electrons. The summed E-state index contributed by atoms with van der Waals surface area (Å²) in [7, 11) is 0. The van der Waals surface area contributed by atoms with Crippen molar-refractivity contribution in [3.05, 3.63) is 28.2 Å². The molecule has 0 spiro atoms. The van der Waals surface area contributed by atoms with Crippen molar-refractivity contribution in [3.8, 4) is 0 Å². The molecule has 1 aromatic rings. The lowest BCUT2D eigenvalue weighted by Crippen LogP contribution is -2.36. The van der Waals surface area contributed by atoms with Crippen molar-refractivity contribution >= 4 is 34.8 Å². The van der Waals surface area contributed by atoms with E-state index in [1.165, 1.54) is 0 Å². The first-order chi connectivity index (χ1) is 6.11. The third-order valence-corrected chi connectivity index (χ3v) is 1.68. The summed E-state index contributed by atoms with van der Waals surface area (Å²) < 4.78 is 0. The molecule has 0 saturated heterocycles. The average molecular weight is 219 g/mol. The van der Waals surface area contributed by atoms with Crippen LogP contribution in [0.5, 0.6) is 0 Å². The fourth-order valence-electron chi connectivity index (χ4n) is 0.775. The second-order valence-corrected chi connectivity index (χ2v) is 3.14. The second kappa shape index (κ2) is 4.32. The Morgan fingerprint density at radius 3 is 2.23 bits per heavy atom. The quantitative estimate of drug-likeness (QED) is 0.289. The Balaban J connectivity index is 3.02. The van der Waals surface area contributed by atoms with Crippen molar-refractivity contribution in [2.24, 2.45) is 16.6 Å². The number of benzene rings is 1. The molecule has 1 rings (SSSR count). The molecule has 1 aromatic carbocycles. The predicted octanol–water partition coefficient (Wildman–Crippen LogP) is 1.40. The smallest absolute Gasteiger partial charge is 0.208 e. The van der Waals surface area contributed by atoms with Crippen LogP contribution in [0.1, 0.15) is 0 Å². The molecule has 6 heteroatoms. The van der Waals surface area contributed by atoms with Gasteiger partial charge in [-0.05, 0) is 18.2 Å². The van der Waals surface area contributed by atoms with E-state index < -0.39 is 0 Å². The van der Waals surface area contributed by atoms with E-state index in [-0.39, 0.29) is 5.96 Å². The topological polar surface area (TPSA) is 76.4 Å². The van der Waals surface area contributed by atoms with Crippen molar-refractivity contribution in [2.45, 2.75) is 0 Å². The van der Waals surface area contributed by atoms with E-state index >= 15 is 0 Å². The Morgan fingerprint density at radius 1 is 1.23 bits per heavy atom. The van der Waals surface area contributed by atoms with Gasteiger partial charge in [-0.25, -0.2) is 10.8 Å². The Hall–Kier alpha value is -0.970. The normalized spacial score (nSPS) is 11.5. The third-order valence-electron chi connectivity index (χ3n) is 1.24. The third kappa shape index (κ3) is 3.10. The van der Waals surface area contributed by atoms with Gasteiger partial charge in [-0.1, -0.05) is 23.2 Å². The lowest BCUT2D eigenvalue weighted by molar-refractivity contribution is 1.01. The molecule has 0 bridgehead atoms. The molecule has 0 aliphatic rings. The minimum absolute atomic E-state index is 0.0957. The zero-order valence-corrected chi connectivity index (χ0v) is 8.10. The van der Waals surface area contributed by atoms with Crippen molar-refractivity contribution in [2.75, 3.05) is 0 Å². The van der Waals surface area contributed by atoms with Gasteiger partial charge in [0.2, 0.25) is 5.96 Å². The van der Waals surface area contributed by atoms with E-state index in [2.05, 4.69) is 10.4 Å². The van der Waals surface area contributed by atoms with Crippen LogP contribution < -0.4 is 17.0 Å². The number of hydrogen-bond acceptors (Lipinski definition) is 2. The number of hydrazine groups is 1. The van der Waals surface area contributed by atoms with Gasteiger partial charge in [0.15, 0.2) is 0 Å². The van der Waals surface area contributed by atoms with E-state index in [4.69, 9.17) is 34.8 Å². The Morgan fingerprint density at radius 2 is 1.77 bits per heavy atom. The number of guanidine groups is 1. The van der Waals surface area contributed by atoms with Crippen molar-refractivity contribution in [1.29, 1.82) is 0 Å². The molecule has 13 heavy (non-hydrogen) atoms. The lowest BCUT2D eigenvalue weighted by Gasteiger charge is -1.99. The van der Waals surface area contributed by atoms with E-state index in [0.717, 1.165) is 0 Å². The molecule has 0 amide bonds. The van der Waals surface area contributed by atoms with Gasteiger partial charge < -0.3 is 5.73 Å². The monoisotopic (exact) mass is 218 g/mol. The maximum Gasteiger partial charge on any atom is 0.208 e.